The van der Waals surface area contributed by atoms with Gasteiger partial charge in [0, 0.05) is 18.9 Å². The van der Waals surface area contributed by atoms with E-state index in [1.54, 1.807) is 0 Å². The first-order chi connectivity index (χ1) is 11.4. The van der Waals surface area contributed by atoms with Crippen LogP contribution in [0.4, 0.5) is 8.78 Å². The minimum absolute atomic E-state index is 0.0321. The van der Waals surface area contributed by atoms with Gasteiger partial charge in [0.1, 0.15) is 6.10 Å². The molecule has 0 fully saturated rings. The molecule has 0 aliphatic carbocycles. The van der Waals surface area contributed by atoms with Crippen LogP contribution in [0.5, 0.6) is 0 Å². The predicted octanol–water partition coefficient (Wildman–Crippen LogP) is 5.12. The van der Waals surface area contributed by atoms with E-state index in [2.05, 4.69) is 0 Å². The molecule has 3 nitrogen and oxygen atoms in total. The first-order valence-electron chi connectivity index (χ1n) is 8.63. The zero-order chi connectivity index (χ0) is 18.1. The highest BCUT2D eigenvalue weighted by Crippen LogP contribution is 2.61. The zero-order valence-corrected chi connectivity index (χ0v) is 15.5. The van der Waals surface area contributed by atoms with E-state index >= 15 is 0 Å². The van der Waals surface area contributed by atoms with Crippen molar-refractivity contribution < 1.29 is 23.2 Å². The second-order valence-electron chi connectivity index (χ2n) is 6.01. The van der Waals surface area contributed by atoms with Crippen molar-refractivity contribution in [2.45, 2.75) is 57.9 Å². The summed E-state index contributed by atoms with van der Waals surface area (Å²) in [5, 5.41) is 9.77. The minimum atomic E-state index is -3.65. The van der Waals surface area contributed by atoms with Gasteiger partial charge in [-0.3, -0.25) is 0 Å². The number of ether oxygens (including phenoxy) is 1. The van der Waals surface area contributed by atoms with E-state index in [-0.39, 0.29) is 18.7 Å². The third kappa shape index (κ3) is 5.94. The molecule has 1 unspecified atom stereocenters. The van der Waals surface area contributed by atoms with Gasteiger partial charge >= 0.3 is 5.66 Å². The molecule has 1 atom stereocenters. The van der Waals surface area contributed by atoms with E-state index in [9.17, 15) is 18.5 Å². The van der Waals surface area contributed by atoms with E-state index in [4.69, 9.17) is 4.74 Å². The summed E-state index contributed by atoms with van der Waals surface area (Å²) >= 11 is 0. The molecule has 0 heterocycles. The van der Waals surface area contributed by atoms with Gasteiger partial charge in [-0.05, 0) is 18.4 Å². The normalized spacial score (nSPS) is 13.9. The number of aliphatic hydroxyl groups excluding tert-OH is 1. The van der Waals surface area contributed by atoms with Crippen LogP contribution in [0.1, 0.15) is 45.1 Å². The number of halogens is 2. The van der Waals surface area contributed by atoms with Crippen LogP contribution in [0.25, 0.3) is 0 Å². The van der Waals surface area contributed by atoms with E-state index in [1.807, 2.05) is 30.3 Å². The van der Waals surface area contributed by atoms with Crippen LogP contribution >= 0.6 is 7.14 Å². The topological polar surface area (TPSA) is 46.5 Å². The molecule has 0 radical (unpaired) electrons. The van der Waals surface area contributed by atoms with Crippen LogP contribution < -0.4 is 0 Å². The third-order valence-electron chi connectivity index (χ3n) is 4.34. The average Bonchev–Trinajstić information content (AvgIpc) is 2.60. The van der Waals surface area contributed by atoms with E-state index in [0.29, 0.717) is 26.1 Å². The molecule has 0 spiro atoms. The fraction of sp³-hybridized carbons (Fsp3) is 0.667. The van der Waals surface area contributed by atoms with Crippen LogP contribution in [0, 0.1) is 0 Å². The van der Waals surface area contributed by atoms with Crippen LogP contribution in [0.3, 0.4) is 0 Å². The number of hydrogen-bond acceptors (Lipinski definition) is 3. The Kier molecular flexibility index (Phi) is 9.11. The lowest BCUT2D eigenvalue weighted by Crippen LogP contribution is -2.34. The van der Waals surface area contributed by atoms with Crippen molar-refractivity contribution in [2.24, 2.45) is 0 Å². The average molecular weight is 362 g/mol. The molecule has 1 rings (SSSR count). The van der Waals surface area contributed by atoms with E-state index in [0.717, 1.165) is 12.0 Å². The van der Waals surface area contributed by atoms with Crippen LogP contribution in [-0.2, 0) is 15.9 Å². The Hall–Kier alpha value is -0.770. The molecule has 1 N–H and O–H groups in total. The lowest BCUT2D eigenvalue weighted by Gasteiger charge is -2.29. The number of aliphatic hydroxyl groups is 1. The Morgan fingerprint density at radius 2 is 1.75 bits per heavy atom. The van der Waals surface area contributed by atoms with Gasteiger partial charge in [0.2, 0.25) is 0 Å². The number of hydrogen-bond donors (Lipinski definition) is 1. The van der Waals surface area contributed by atoms with Crippen LogP contribution in [0.15, 0.2) is 30.3 Å². The molecule has 0 aliphatic heterocycles. The van der Waals surface area contributed by atoms with E-state index in [1.165, 1.54) is 13.8 Å². The van der Waals surface area contributed by atoms with Crippen LogP contribution in [-0.4, -0.2) is 35.8 Å². The summed E-state index contributed by atoms with van der Waals surface area (Å²) in [6, 6.07) is 9.81. The van der Waals surface area contributed by atoms with Crippen LogP contribution in [0.2, 0.25) is 0 Å². The maximum Gasteiger partial charge on any atom is 0.323 e. The molecular weight excluding hydrogens is 333 g/mol. The first kappa shape index (κ1) is 21.3. The van der Waals surface area contributed by atoms with Gasteiger partial charge < -0.3 is 14.4 Å². The van der Waals surface area contributed by atoms with E-state index < -0.39 is 18.9 Å². The van der Waals surface area contributed by atoms with Gasteiger partial charge in [-0.2, -0.15) is 8.78 Å². The summed E-state index contributed by atoms with van der Waals surface area (Å²) in [6.45, 7) is 4.09. The summed E-state index contributed by atoms with van der Waals surface area (Å²) in [6.07, 6.45) is -0.0982. The second-order valence-corrected chi connectivity index (χ2v) is 9.65. The molecule has 0 amide bonds. The number of rotatable bonds is 12. The van der Waals surface area contributed by atoms with Crippen molar-refractivity contribution in [1.82, 2.24) is 0 Å². The summed E-state index contributed by atoms with van der Waals surface area (Å²) in [5.74, 6) is 0. The molecule has 6 heteroatoms. The molecule has 138 valence electrons. The molecule has 0 aromatic heterocycles. The van der Waals surface area contributed by atoms with Gasteiger partial charge in [0.25, 0.3) is 0 Å². The Morgan fingerprint density at radius 3 is 2.33 bits per heavy atom. The number of unbranched alkanes of at least 4 members (excludes halogenated alkanes) is 2. The smallest absolute Gasteiger partial charge is 0.323 e. The molecule has 0 bridgehead atoms. The third-order valence-corrected chi connectivity index (χ3v) is 7.77. The monoisotopic (exact) mass is 362 g/mol. The maximum absolute atomic E-state index is 14.1. The molecule has 0 saturated heterocycles. The van der Waals surface area contributed by atoms with Gasteiger partial charge in [-0.15, -0.1) is 0 Å². The SMILES string of the molecule is CCP(=O)(CC)C(F)(F)C(O)CCCCCOCc1ccccc1. The van der Waals surface area contributed by atoms with Crippen molar-refractivity contribution in [3.05, 3.63) is 35.9 Å². The lowest BCUT2D eigenvalue weighted by molar-refractivity contribution is -0.0485. The molecule has 24 heavy (non-hydrogen) atoms. The fourth-order valence-electron chi connectivity index (χ4n) is 2.57. The second kappa shape index (κ2) is 10.3. The fourth-order valence-corrected chi connectivity index (χ4v) is 4.54. The molecule has 1 aromatic rings. The van der Waals surface area contributed by atoms with Gasteiger partial charge in [0.05, 0.1) is 6.61 Å². The number of alkyl halides is 2. The summed E-state index contributed by atoms with van der Waals surface area (Å²) in [5.41, 5.74) is -2.39. The maximum atomic E-state index is 14.1. The Bertz CT molecular complexity index is 500. The Labute approximate surface area is 143 Å². The highest BCUT2D eigenvalue weighted by molar-refractivity contribution is 7.65. The standard InChI is InChI=1S/C18H29F2O3P/c1-3-24(22,4-2)18(19,20)17(21)13-9-6-10-14-23-15-16-11-7-5-8-12-16/h5,7-8,11-12,17,21H,3-4,6,9-10,13-15H2,1-2H3. The molecule has 0 aliphatic rings. The highest BCUT2D eigenvalue weighted by atomic mass is 31.2. The number of benzene rings is 1. The van der Waals surface area contributed by atoms with Gasteiger partial charge in [0.15, 0.2) is 7.14 Å². The minimum Gasteiger partial charge on any atom is -0.386 e. The Morgan fingerprint density at radius 1 is 1.12 bits per heavy atom. The van der Waals surface area contributed by atoms with Gasteiger partial charge in [-0.25, -0.2) is 0 Å². The Balaban J connectivity index is 2.21. The van der Waals surface area contributed by atoms with Crippen molar-refractivity contribution >= 4 is 7.14 Å². The van der Waals surface area contributed by atoms with Crippen molar-refractivity contribution in [2.75, 3.05) is 18.9 Å². The first-order valence-corrected chi connectivity index (χ1v) is 10.7. The van der Waals surface area contributed by atoms with Crippen molar-refractivity contribution in [3.8, 4) is 0 Å². The van der Waals surface area contributed by atoms with Crippen molar-refractivity contribution in [1.29, 1.82) is 0 Å². The summed E-state index contributed by atoms with van der Waals surface area (Å²) in [7, 11) is -3.65. The molecule has 1 aromatic carbocycles. The van der Waals surface area contributed by atoms with Gasteiger partial charge in [-0.1, -0.05) is 57.0 Å². The highest BCUT2D eigenvalue weighted by Gasteiger charge is 2.52. The summed E-state index contributed by atoms with van der Waals surface area (Å²) < 4.78 is 46.0. The quantitative estimate of drug-likeness (QED) is 0.415. The predicted molar refractivity (Wildman–Crippen MR) is 94.2 cm³/mol. The summed E-state index contributed by atoms with van der Waals surface area (Å²) in [4.78, 5) is 0. The van der Waals surface area contributed by atoms with Crippen molar-refractivity contribution in [3.63, 3.8) is 0 Å². The molecular formula is C18H29F2O3P. The zero-order valence-electron chi connectivity index (χ0n) is 14.6. The lowest BCUT2D eigenvalue weighted by atomic mass is 10.1. The molecule has 0 saturated carbocycles. The largest absolute Gasteiger partial charge is 0.386 e.